The molecule has 0 aliphatic rings. The van der Waals surface area contributed by atoms with E-state index in [1.54, 1.807) is 48.6 Å². The van der Waals surface area contributed by atoms with Crippen LogP contribution in [0.25, 0.3) is 17.0 Å². The van der Waals surface area contributed by atoms with E-state index in [1.165, 1.54) is 6.07 Å². The normalized spacial score (nSPS) is 12.0. The number of sulfone groups is 1. The molecule has 2 aromatic carbocycles. The molecule has 116 valence electrons. The van der Waals surface area contributed by atoms with E-state index in [4.69, 9.17) is 0 Å². The van der Waals surface area contributed by atoms with E-state index in [1.807, 2.05) is 18.2 Å². The predicted molar refractivity (Wildman–Crippen MR) is 90.9 cm³/mol. The predicted octanol–water partition coefficient (Wildman–Crippen LogP) is 3.43. The average molecular weight is 325 g/mol. The van der Waals surface area contributed by atoms with Crippen molar-refractivity contribution in [3.63, 3.8) is 0 Å². The van der Waals surface area contributed by atoms with Gasteiger partial charge in [-0.3, -0.25) is 0 Å². The van der Waals surface area contributed by atoms with Crippen LogP contribution in [0, 0.1) is 0 Å². The quantitative estimate of drug-likeness (QED) is 0.798. The standard InChI is InChI=1S/C18H15NO3S/c20-16-10-7-14(8-11-16)4-3-13-23(21,22)18-12-9-15-5-1-2-6-17(15)19-18/h1-12,20H,13H2. The molecule has 0 fully saturated rings. The fourth-order valence-electron chi connectivity index (χ4n) is 2.20. The Kier molecular flexibility index (Phi) is 4.12. The van der Waals surface area contributed by atoms with Gasteiger partial charge in [-0.25, -0.2) is 13.4 Å². The van der Waals surface area contributed by atoms with Crippen LogP contribution in [0.5, 0.6) is 5.75 Å². The third-order valence-corrected chi connectivity index (χ3v) is 4.91. The van der Waals surface area contributed by atoms with E-state index in [9.17, 15) is 13.5 Å². The molecule has 0 amide bonds. The summed E-state index contributed by atoms with van der Waals surface area (Å²) >= 11 is 0. The summed E-state index contributed by atoms with van der Waals surface area (Å²) in [7, 11) is -3.48. The molecule has 0 radical (unpaired) electrons. The Balaban J connectivity index is 1.81. The van der Waals surface area contributed by atoms with Crippen molar-refractivity contribution in [1.29, 1.82) is 0 Å². The van der Waals surface area contributed by atoms with E-state index in [0.29, 0.717) is 5.52 Å². The van der Waals surface area contributed by atoms with Crippen LogP contribution in [0.2, 0.25) is 0 Å². The first-order chi connectivity index (χ1) is 11.0. The van der Waals surface area contributed by atoms with Gasteiger partial charge in [-0.2, -0.15) is 0 Å². The van der Waals surface area contributed by atoms with Crippen LogP contribution in [0.1, 0.15) is 5.56 Å². The minimum absolute atomic E-state index is 0.0755. The lowest BCUT2D eigenvalue weighted by Gasteiger charge is -2.03. The molecular weight excluding hydrogens is 310 g/mol. The average Bonchev–Trinajstić information content (AvgIpc) is 2.56. The maximum absolute atomic E-state index is 12.4. The van der Waals surface area contributed by atoms with Gasteiger partial charge in [0.2, 0.25) is 0 Å². The molecule has 3 aromatic rings. The van der Waals surface area contributed by atoms with Crippen molar-refractivity contribution in [3.8, 4) is 5.75 Å². The summed E-state index contributed by atoms with van der Waals surface area (Å²) in [6.07, 6.45) is 3.29. The molecule has 5 heteroatoms. The number of aromatic nitrogens is 1. The molecule has 1 N–H and O–H groups in total. The minimum atomic E-state index is -3.48. The maximum Gasteiger partial charge on any atom is 0.199 e. The first-order valence-corrected chi connectivity index (χ1v) is 8.74. The van der Waals surface area contributed by atoms with E-state index in [2.05, 4.69) is 4.98 Å². The van der Waals surface area contributed by atoms with Gasteiger partial charge in [0.15, 0.2) is 14.9 Å². The molecule has 0 saturated carbocycles. The Morgan fingerprint density at radius 1 is 0.957 bits per heavy atom. The largest absolute Gasteiger partial charge is 0.508 e. The number of hydrogen-bond acceptors (Lipinski definition) is 4. The maximum atomic E-state index is 12.4. The zero-order valence-electron chi connectivity index (χ0n) is 12.3. The number of hydrogen-bond donors (Lipinski definition) is 1. The number of fused-ring (bicyclic) bond motifs is 1. The van der Waals surface area contributed by atoms with Crippen LogP contribution in [0.15, 0.2) is 71.8 Å². The number of phenols is 1. The minimum Gasteiger partial charge on any atom is -0.508 e. The van der Waals surface area contributed by atoms with Crippen molar-refractivity contribution in [2.75, 3.05) is 5.75 Å². The monoisotopic (exact) mass is 325 g/mol. The van der Waals surface area contributed by atoms with Crippen LogP contribution in [-0.2, 0) is 9.84 Å². The zero-order valence-corrected chi connectivity index (χ0v) is 13.1. The second-order valence-electron chi connectivity index (χ2n) is 5.12. The van der Waals surface area contributed by atoms with Crippen molar-refractivity contribution < 1.29 is 13.5 Å². The summed E-state index contributed by atoms with van der Waals surface area (Å²) in [6.45, 7) is 0. The van der Waals surface area contributed by atoms with Crippen LogP contribution < -0.4 is 0 Å². The number of nitrogens with zero attached hydrogens (tertiary/aromatic N) is 1. The molecule has 23 heavy (non-hydrogen) atoms. The molecule has 0 aliphatic heterocycles. The topological polar surface area (TPSA) is 67.3 Å². The number of rotatable bonds is 4. The van der Waals surface area contributed by atoms with Gasteiger partial charge in [-0.05, 0) is 35.9 Å². The summed E-state index contributed by atoms with van der Waals surface area (Å²) in [6, 6.07) is 17.2. The second-order valence-corrected chi connectivity index (χ2v) is 7.10. The van der Waals surface area contributed by atoms with Crippen molar-refractivity contribution in [2.45, 2.75) is 5.03 Å². The molecule has 1 heterocycles. The SMILES string of the molecule is O=S(=O)(CC=Cc1ccc(O)cc1)c1ccc2ccccc2n1. The first kappa shape index (κ1) is 15.2. The Morgan fingerprint density at radius 2 is 1.70 bits per heavy atom. The summed E-state index contributed by atoms with van der Waals surface area (Å²) in [5.41, 5.74) is 1.49. The lowest BCUT2D eigenvalue weighted by molar-refractivity contribution is 0.475. The van der Waals surface area contributed by atoms with E-state index >= 15 is 0 Å². The van der Waals surface area contributed by atoms with Gasteiger partial charge < -0.3 is 5.11 Å². The Labute approximate surface area is 134 Å². The Bertz CT molecular complexity index is 961. The number of benzene rings is 2. The molecular formula is C18H15NO3S. The van der Waals surface area contributed by atoms with Crippen LogP contribution >= 0.6 is 0 Å². The van der Waals surface area contributed by atoms with Gasteiger partial charge in [-0.1, -0.05) is 42.5 Å². The Morgan fingerprint density at radius 3 is 2.48 bits per heavy atom. The molecule has 0 bridgehead atoms. The van der Waals surface area contributed by atoms with Crippen LogP contribution in [0.3, 0.4) is 0 Å². The summed E-state index contributed by atoms with van der Waals surface area (Å²) < 4.78 is 24.7. The van der Waals surface area contributed by atoms with Gasteiger partial charge in [0.25, 0.3) is 0 Å². The zero-order chi connectivity index (χ0) is 16.3. The highest BCUT2D eigenvalue weighted by Gasteiger charge is 2.14. The molecule has 0 atom stereocenters. The van der Waals surface area contributed by atoms with Gasteiger partial charge in [0, 0.05) is 5.39 Å². The fraction of sp³-hybridized carbons (Fsp3) is 0.0556. The molecule has 3 rings (SSSR count). The van der Waals surface area contributed by atoms with Crippen molar-refractivity contribution in [1.82, 2.24) is 4.98 Å². The third kappa shape index (κ3) is 3.57. The highest BCUT2D eigenvalue weighted by atomic mass is 32.2. The third-order valence-electron chi connectivity index (χ3n) is 3.41. The van der Waals surface area contributed by atoms with Crippen LogP contribution in [0.4, 0.5) is 0 Å². The molecule has 0 saturated heterocycles. The van der Waals surface area contributed by atoms with Crippen molar-refractivity contribution >= 4 is 26.8 Å². The molecule has 1 aromatic heterocycles. The lowest BCUT2D eigenvalue weighted by atomic mass is 10.2. The van der Waals surface area contributed by atoms with E-state index in [-0.39, 0.29) is 16.5 Å². The van der Waals surface area contributed by atoms with Gasteiger partial charge in [0.1, 0.15) is 5.75 Å². The highest BCUT2D eigenvalue weighted by molar-refractivity contribution is 7.91. The summed E-state index contributed by atoms with van der Waals surface area (Å²) in [5, 5.41) is 10.2. The number of para-hydroxylation sites is 1. The summed E-state index contributed by atoms with van der Waals surface area (Å²) in [5.74, 6) is 0.0503. The molecule has 4 nitrogen and oxygen atoms in total. The van der Waals surface area contributed by atoms with Gasteiger partial charge in [-0.15, -0.1) is 0 Å². The van der Waals surface area contributed by atoms with Gasteiger partial charge >= 0.3 is 0 Å². The number of phenolic OH excluding ortho intramolecular Hbond substituents is 1. The summed E-state index contributed by atoms with van der Waals surface area (Å²) in [4.78, 5) is 4.23. The van der Waals surface area contributed by atoms with E-state index < -0.39 is 9.84 Å². The fourth-order valence-corrected chi connectivity index (χ4v) is 3.24. The van der Waals surface area contributed by atoms with Crippen LogP contribution in [-0.4, -0.2) is 24.3 Å². The smallest absolute Gasteiger partial charge is 0.199 e. The van der Waals surface area contributed by atoms with Crippen molar-refractivity contribution in [2.24, 2.45) is 0 Å². The Hall–Kier alpha value is -2.66. The van der Waals surface area contributed by atoms with Gasteiger partial charge in [0.05, 0.1) is 11.3 Å². The number of pyridine rings is 1. The number of aromatic hydroxyl groups is 1. The highest BCUT2D eigenvalue weighted by Crippen LogP contribution is 2.16. The molecule has 0 spiro atoms. The second kappa shape index (κ2) is 6.22. The van der Waals surface area contributed by atoms with E-state index in [0.717, 1.165) is 10.9 Å². The molecule has 0 aliphatic carbocycles. The lowest BCUT2D eigenvalue weighted by Crippen LogP contribution is -2.06. The molecule has 0 unspecified atom stereocenters. The van der Waals surface area contributed by atoms with Crippen molar-refractivity contribution in [3.05, 3.63) is 72.3 Å². The first-order valence-electron chi connectivity index (χ1n) is 7.09.